The lowest BCUT2D eigenvalue weighted by atomic mass is 9.88. The maximum Gasteiger partial charge on any atom is 0.250 e. The minimum Gasteiger partial charge on any atom is -0.353 e. The second-order valence-electron chi connectivity index (χ2n) is 6.48. The molecule has 2 rings (SSSR count). The van der Waals surface area contributed by atoms with Crippen molar-refractivity contribution in [1.29, 1.82) is 0 Å². The Morgan fingerprint density at radius 2 is 1.91 bits per heavy atom. The summed E-state index contributed by atoms with van der Waals surface area (Å²) in [6, 6.07) is 4.92. The van der Waals surface area contributed by atoms with Gasteiger partial charge in [-0.15, -0.1) is 0 Å². The number of nitrogens with zero attached hydrogens (tertiary/aromatic N) is 2. The molecule has 1 heterocycles. The number of likely N-dealkylation sites (N-methyl/N-ethyl adjacent to an activating group) is 1. The fourth-order valence-corrected chi connectivity index (χ4v) is 3.23. The van der Waals surface area contributed by atoms with Crippen molar-refractivity contribution in [2.45, 2.75) is 50.6 Å². The second-order valence-corrected chi connectivity index (χ2v) is 6.48. The Hall–Kier alpha value is -1.62. The molecule has 122 valence electrons. The van der Waals surface area contributed by atoms with Crippen LogP contribution in [0.5, 0.6) is 0 Å². The zero-order valence-corrected chi connectivity index (χ0v) is 13.7. The molecule has 5 heteroatoms. The van der Waals surface area contributed by atoms with E-state index < -0.39 is 0 Å². The van der Waals surface area contributed by atoms with E-state index in [-0.39, 0.29) is 23.6 Å². The predicted molar refractivity (Wildman–Crippen MR) is 87.8 cm³/mol. The van der Waals surface area contributed by atoms with Crippen LogP contribution >= 0.6 is 0 Å². The van der Waals surface area contributed by atoms with Crippen LogP contribution in [-0.4, -0.2) is 41.6 Å². The Bertz CT molecular complexity index is 543. The molecule has 0 aliphatic heterocycles. The molecule has 0 bridgehead atoms. The van der Waals surface area contributed by atoms with Crippen molar-refractivity contribution in [3.8, 4) is 0 Å². The zero-order chi connectivity index (χ0) is 16.0. The number of carbonyl (C=O) groups is 1. The van der Waals surface area contributed by atoms with E-state index in [1.165, 1.54) is 36.3 Å². The van der Waals surface area contributed by atoms with Crippen LogP contribution in [0, 0.1) is 0 Å². The van der Waals surface area contributed by atoms with Crippen LogP contribution in [-0.2, 0) is 11.3 Å². The SMILES string of the molecule is CN(C)C1(CNC(=O)Cn2ccccc2=O)CCCCCC1. The standard InChI is InChI=1S/C17H27N3O2/c1-19(2)17(10-6-3-4-7-11-17)14-18-15(21)13-20-12-8-5-9-16(20)22/h5,8-9,12H,3-4,6-7,10-11,13-14H2,1-2H3,(H,18,21). The van der Waals surface area contributed by atoms with Gasteiger partial charge in [0.1, 0.15) is 6.54 Å². The average molecular weight is 305 g/mol. The smallest absolute Gasteiger partial charge is 0.250 e. The molecule has 1 N–H and O–H groups in total. The largest absolute Gasteiger partial charge is 0.353 e. The average Bonchev–Trinajstić information content (AvgIpc) is 2.74. The van der Waals surface area contributed by atoms with Gasteiger partial charge in [0.25, 0.3) is 5.56 Å². The summed E-state index contributed by atoms with van der Waals surface area (Å²) in [6.07, 6.45) is 8.87. The molecule has 0 unspecified atom stereocenters. The zero-order valence-electron chi connectivity index (χ0n) is 13.7. The van der Waals surface area contributed by atoms with E-state index in [9.17, 15) is 9.59 Å². The van der Waals surface area contributed by atoms with Gasteiger partial charge in [0.05, 0.1) is 0 Å². The summed E-state index contributed by atoms with van der Waals surface area (Å²) in [4.78, 5) is 26.1. The quantitative estimate of drug-likeness (QED) is 0.841. The number of pyridine rings is 1. The lowest BCUT2D eigenvalue weighted by molar-refractivity contribution is -0.122. The van der Waals surface area contributed by atoms with Crippen molar-refractivity contribution in [2.75, 3.05) is 20.6 Å². The molecule has 1 saturated carbocycles. The molecule has 0 aromatic carbocycles. The molecule has 1 fully saturated rings. The van der Waals surface area contributed by atoms with E-state index >= 15 is 0 Å². The van der Waals surface area contributed by atoms with Crippen molar-refractivity contribution in [3.63, 3.8) is 0 Å². The predicted octanol–water partition coefficient (Wildman–Crippen LogP) is 1.62. The summed E-state index contributed by atoms with van der Waals surface area (Å²) in [5, 5.41) is 3.04. The topological polar surface area (TPSA) is 54.3 Å². The lowest BCUT2D eigenvalue weighted by Gasteiger charge is -2.39. The van der Waals surface area contributed by atoms with E-state index in [1.807, 2.05) is 0 Å². The molecule has 0 atom stereocenters. The highest BCUT2D eigenvalue weighted by atomic mass is 16.2. The van der Waals surface area contributed by atoms with Gasteiger partial charge in [0.15, 0.2) is 0 Å². The van der Waals surface area contributed by atoms with Crippen molar-refractivity contribution >= 4 is 5.91 Å². The summed E-state index contributed by atoms with van der Waals surface area (Å²) in [5.41, 5.74) is -0.0946. The Labute approximate surface area is 132 Å². The van der Waals surface area contributed by atoms with E-state index in [2.05, 4.69) is 24.3 Å². The van der Waals surface area contributed by atoms with Crippen LogP contribution in [0.15, 0.2) is 29.2 Å². The second kappa shape index (κ2) is 7.58. The first-order valence-corrected chi connectivity index (χ1v) is 8.13. The number of hydrogen-bond donors (Lipinski definition) is 1. The van der Waals surface area contributed by atoms with Crippen molar-refractivity contribution < 1.29 is 4.79 Å². The highest BCUT2D eigenvalue weighted by Gasteiger charge is 2.33. The summed E-state index contributed by atoms with van der Waals surface area (Å²) in [7, 11) is 4.19. The van der Waals surface area contributed by atoms with Gasteiger partial charge in [0, 0.05) is 24.3 Å². The van der Waals surface area contributed by atoms with Crippen LogP contribution in [0.2, 0.25) is 0 Å². The van der Waals surface area contributed by atoms with E-state index in [1.54, 1.807) is 18.3 Å². The molecule has 1 amide bonds. The number of carbonyl (C=O) groups excluding carboxylic acids is 1. The highest BCUT2D eigenvalue weighted by Crippen LogP contribution is 2.30. The van der Waals surface area contributed by atoms with E-state index in [4.69, 9.17) is 0 Å². The maximum absolute atomic E-state index is 12.2. The first-order valence-electron chi connectivity index (χ1n) is 8.13. The molecule has 0 saturated heterocycles. The molecule has 1 aliphatic carbocycles. The normalized spacial score (nSPS) is 18.0. The van der Waals surface area contributed by atoms with Gasteiger partial charge in [-0.05, 0) is 33.0 Å². The van der Waals surface area contributed by atoms with Gasteiger partial charge in [-0.2, -0.15) is 0 Å². The van der Waals surface area contributed by atoms with Crippen LogP contribution in [0.3, 0.4) is 0 Å². The van der Waals surface area contributed by atoms with Gasteiger partial charge in [0.2, 0.25) is 5.91 Å². The summed E-state index contributed by atoms with van der Waals surface area (Å²) in [6.45, 7) is 0.740. The van der Waals surface area contributed by atoms with Gasteiger partial charge in [-0.1, -0.05) is 31.7 Å². The van der Waals surface area contributed by atoms with Gasteiger partial charge < -0.3 is 14.8 Å². The molecule has 22 heavy (non-hydrogen) atoms. The number of nitrogens with one attached hydrogen (secondary N) is 1. The van der Waals surface area contributed by atoms with E-state index in [0.717, 1.165) is 12.8 Å². The molecular formula is C17H27N3O2. The van der Waals surface area contributed by atoms with Crippen molar-refractivity contribution in [2.24, 2.45) is 0 Å². The maximum atomic E-state index is 12.2. The first-order chi connectivity index (χ1) is 10.5. The fourth-order valence-electron chi connectivity index (χ4n) is 3.23. The molecule has 1 aromatic rings. The van der Waals surface area contributed by atoms with Gasteiger partial charge in [-0.25, -0.2) is 0 Å². The fraction of sp³-hybridized carbons (Fsp3) is 0.647. The monoisotopic (exact) mass is 305 g/mol. The van der Waals surface area contributed by atoms with Crippen molar-refractivity contribution in [1.82, 2.24) is 14.8 Å². The minimum absolute atomic E-state index is 0.0494. The van der Waals surface area contributed by atoms with Crippen LogP contribution in [0.25, 0.3) is 0 Å². The number of aromatic nitrogens is 1. The molecule has 1 aliphatic rings. The number of hydrogen-bond acceptors (Lipinski definition) is 3. The Morgan fingerprint density at radius 3 is 2.50 bits per heavy atom. The third-order valence-electron chi connectivity index (χ3n) is 4.81. The van der Waals surface area contributed by atoms with Crippen LogP contribution < -0.4 is 10.9 Å². The third-order valence-corrected chi connectivity index (χ3v) is 4.81. The Balaban J connectivity index is 1.96. The summed E-state index contributed by atoms with van der Waals surface area (Å²) >= 11 is 0. The van der Waals surface area contributed by atoms with Gasteiger partial charge >= 0.3 is 0 Å². The highest BCUT2D eigenvalue weighted by molar-refractivity contribution is 5.75. The van der Waals surface area contributed by atoms with Gasteiger partial charge in [-0.3, -0.25) is 9.59 Å². The molecule has 0 spiro atoms. The number of amides is 1. The summed E-state index contributed by atoms with van der Waals surface area (Å²) < 4.78 is 1.44. The molecule has 0 radical (unpaired) electrons. The molecule has 1 aromatic heterocycles. The Kier molecular flexibility index (Phi) is 5.77. The third kappa shape index (κ3) is 4.19. The lowest BCUT2D eigenvalue weighted by Crippen LogP contribution is -2.53. The van der Waals surface area contributed by atoms with E-state index in [0.29, 0.717) is 6.54 Å². The van der Waals surface area contributed by atoms with Crippen molar-refractivity contribution in [3.05, 3.63) is 34.7 Å². The molecular weight excluding hydrogens is 278 g/mol. The summed E-state index contributed by atoms with van der Waals surface area (Å²) in [5.74, 6) is -0.0984. The van der Waals surface area contributed by atoms with Crippen LogP contribution in [0.1, 0.15) is 38.5 Å². The Morgan fingerprint density at radius 1 is 1.23 bits per heavy atom. The minimum atomic E-state index is -0.144. The molecule has 5 nitrogen and oxygen atoms in total. The number of rotatable bonds is 5. The van der Waals surface area contributed by atoms with Crippen LogP contribution in [0.4, 0.5) is 0 Å². The first kappa shape index (κ1) is 16.7.